The maximum absolute atomic E-state index is 13.1. The Balaban J connectivity index is 1.60. The van der Waals surface area contributed by atoms with E-state index < -0.39 is 10.9 Å². The fourth-order valence-corrected chi connectivity index (χ4v) is 4.90. The summed E-state index contributed by atoms with van der Waals surface area (Å²) in [5, 5.41) is 20.6. The summed E-state index contributed by atoms with van der Waals surface area (Å²) in [7, 11) is 0. The topological polar surface area (TPSA) is 122 Å². The van der Waals surface area contributed by atoms with Gasteiger partial charge in [-0.1, -0.05) is 22.0 Å². The molecule has 0 bridgehead atoms. The Morgan fingerprint density at radius 3 is 2.62 bits per heavy atom. The Kier molecular flexibility index (Phi) is 8.04. The molecule has 3 aromatic carbocycles. The summed E-state index contributed by atoms with van der Waals surface area (Å²) in [6.45, 7) is 2.41. The molecule has 9 nitrogen and oxygen atoms in total. The number of likely N-dealkylation sites (N-methyl/N-ethyl adjacent to an activating group) is 1. The normalized spacial score (nSPS) is 15.4. The Morgan fingerprint density at radius 2 is 1.95 bits per heavy atom. The molecule has 1 heterocycles. The molecule has 1 saturated heterocycles. The molecule has 188 valence electrons. The molecular weight excluding hydrogens is 562 g/mol. The van der Waals surface area contributed by atoms with Crippen molar-refractivity contribution in [2.45, 2.75) is 13.5 Å². The van der Waals surface area contributed by atoms with Crippen molar-refractivity contribution in [3.63, 3.8) is 0 Å². The zero-order valence-electron chi connectivity index (χ0n) is 19.5. The molecule has 3 aromatic rings. The molecule has 1 aliphatic heterocycles. The van der Waals surface area contributed by atoms with Gasteiger partial charge in [0, 0.05) is 28.7 Å². The van der Waals surface area contributed by atoms with E-state index in [9.17, 15) is 24.8 Å². The summed E-state index contributed by atoms with van der Waals surface area (Å²) in [5.41, 5.74) is 1.97. The number of aliphatic imine (C=N–C) groups is 1. The van der Waals surface area contributed by atoms with Gasteiger partial charge in [0.25, 0.3) is 11.6 Å². The highest BCUT2D eigenvalue weighted by Crippen LogP contribution is 2.36. The first-order chi connectivity index (χ1) is 17.7. The van der Waals surface area contributed by atoms with E-state index in [0.29, 0.717) is 33.6 Å². The zero-order valence-corrected chi connectivity index (χ0v) is 21.9. The van der Waals surface area contributed by atoms with Gasteiger partial charge >= 0.3 is 5.97 Å². The monoisotopic (exact) mass is 581 g/mol. The first-order valence-electron chi connectivity index (χ1n) is 11.0. The fraction of sp³-hybridized carbons (Fsp3) is 0.115. The van der Waals surface area contributed by atoms with Gasteiger partial charge in [0.05, 0.1) is 21.1 Å². The fourth-order valence-electron chi connectivity index (χ4n) is 3.47. The third-order valence-electron chi connectivity index (χ3n) is 5.32. The lowest BCUT2D eigenvalue weighted by molar-refractivity contribution is -0.384. The average molecular weight is 582 g/mol. The molecule has 37 heavy (non-hydrogen) atoms. The van der Waals surface area contributed by atoms with Gasteiger partial charge in [-0.2, -0.15) is 0 Å². The molecule has 0 aromatic heterocycles. The average Bonchev–Trinajstić information content (AvgIpc) is 3.17. The number of carboxylic acids is 1. The maximum atomic E-state index is 13.1. The number of rotatable bonds is 8. The minimum atomic E-state index is -1.05. The second-order valence-electron chi connectivity index (χ2n) is 7.80. The van der Waals surface area contributed by atoms with E-state index >= 15 is 0 Å². The van der Waals surface area contributed by atoms with E-state index in [2.05, 4.69) is 20.9 Å². The number of hydrogen-bond acceptors (Lipinski definition) is 7. The molecule has 0 radical (unpaired) electrons. The molecule has 1 N–H and O–H groups in total. The lowest BCUT2D eigenvalue weighted by atomic mass is 10.1. The molecule has 0 aliphatic carbocycles. The Morgan fingerprint density at radius 1 is 1.19 bits per heavy atom. The lowest BCUT2D eigenvalue weighted by Gasteiger charge is -2.12. The van der Waals surface area contributed by atoms with Gasteiger partial charge in [-0.05, 0) is 78.9 Å². The number of nitro groups is 1. The van der Waals surface area contributed by atoms with Gasteiger partial charge in [-0.3, -0.25) is 19.8 Å². The minimum Gasteiger partial charge on any atom is -0.488 e. The lowest BCUT2D eigenvalue weighted by Crippen LogP contribution is -2.28. The molecule has 1 amide bonds. The van der Waals surface area contributed by atoms with Crippen LogP contribution in [0.2, 0.25) is 0 Å². The van der Waals surface area contributed by atoms with E-state index in [1.165, 1.54) is 40.9 Å². The molecule has 0 atom stereocenters. The molecular formula is C26H20BrN3O6S. The quantitative estimate of drug-likeness (QED) is 0.189. The van der Waals surface area contributed by atoms with Gasteiger partial charge in [0.1, 0.15) is 12.4 Å². The summed E-state index contributed by atoms with van der Waals surface area (Å²) in [6, 6.07) is 17.7. The van der Waals surface area contributed by atoms with Crippen LogP contribution in [0.4, 0.5) is 11.4 Å². The SMILES string of the molecule is CCN1C(=O)C(=Cc2cc(Br)ccc2OCc2ccc([N+](=O)[O-])cc2)SC1=Nc1cccc(C(=O)O)c1. The number of hydrogen-bond donors (Lipinski definition) is 1. The van der Waals surface area contributed by atoms with Crippen molar-refractivity contribution in [2.75, 3.05) is 6.54 Å². The summed E-state index contributed by atoms with van der Waals surface area (Å²) in [4.78, 5) is 41.3. The van der Waals surface area contributed by atoms with Crippen LogP contribution in [0.1, 0.15) is 28.4 Å². The molecule has 1 fully saturated rings. The highest BCUT2D eigenvalue weighted by Gasteiger charge is 2.32. The summed E-state index contributed by atoms with van der Waals surface area (Å²) >= 11 is 4.65. The van der Waals surface area contributed by atoms with Crippen molar-refractivity contribution in [2.24, 2.45) is 4.99 Å². The highest BCUT2D eigenvalue weighted by atomic mass is 79.9. The number of nitro benzene ring substituents is 1. The number of thioether (sulfide) groups is 1. The van der Waals surface area contributed by atoms with Crippen molar-refractivity contribution < 1.29 is 24.4 Å². The summed E-state index contributed by atoms with van der Waals surface area (Å²) in [6.07, 6.45) is 1.72. The van der Waals surface area contributed by atoms with Crippen LogP contribution < -0.4 is 4.74 Å². The van der Waals surface area contributed by atoms with Crippen LogP contribution in [0.5, 0.6) is 5.75 Å². The van der Waals surface area contributed by atoms with Crippen molar-refractivity contribution >= 4 is 62.2 Å². The summed E-state index contributed by atoms with van der Waals surface area (Å²) < 4.78 is 6.78. The van der Waals surface area contributed by atoms with Crippen LogP contribution in [-0.2, 0) is 11.4 Å². The Hall–Kier alpha value is -3.96. The number of carbonyl (C=O) groups is 2. The Bertz CT molecular complexity index is 1440. The van der Waals surface area contributed by atoms with Gasteiger partial charge in [0.2, 0.25) is 0 Å². The van der Waals surface area contributed by atoms with Crippen molar-refractivity contribution in [3.05, 3.63) is 103 Å². The highest BCUT2D eigenvalue weighted by molar-refractivity contribution is 9.10. The van der Waals surface area contributed by atoms with Crippen molar-refractivity contribution in [3.8, 4) is 5.75 Å². The van der Waals surface area contributed by atoms with Crippen LogP contribution in [0.25, 0.3) is 6.08 Å². The first kappa shape index (κ1) is 26.1. The number of nitrogens with zero attached hydrogens (tertiary/aromatic N) is 3. The van der Waals surface area contributed by atoms with E-state index in [1.807, 2.05) is 19.1 Å². The number of carbonyl (C=O) groups excluding carboxylic acids is 1. The molecule has 0 saturated carbocycles. The first-order valence-corrected chi connectivity index (χ1v) is 12.6. The number of aromatic carboxylic acids is 1. The largest absolute Gasteiger partial charge is 0.488 e. The van der Waals surface area contributed by atoms with E-state index in [1.54, 1.807) is 36.4 Å². The third kappa shape index (κ3) is 6.25. The second-order valence-corrected chi connectivity index (χ2v) is 9.73. The number of benzene rings is 3. The predicted molar refractivity (Wildman–Crippen MR) is 145 cm³/mol. The second kappa shape index (κ2) is 11.4. The molecule has 0 spiro atoms. The van der Waals surface area contributed by atoms with Crippen LogP contribution in [0.15, 0.2) is 81.1 Å². The smallest absolute Gasteiger partial charge is 0.335 e. The maximum Gasteiger partial charge on any atom is 0.335 e. The number of non-ortho nitro benzene ring substituents is 1. The Labute approximate surface area is 224 Å². The molecule has 11 heteroatoms. The van der Waals surface area contributed by atoms with E-state index in [-0.39, 0.29) is 23.8 Å². The van der Waals surface area contributed by atoms with Crippen molar-refractivity contribution in [1.82, 2.24) is 4.90 Å². The number of amidine groups is 1. The number of amides is 1. The van der Waals surface area contributed by atoms with Gasteiger partial charge in [-0.15, -0.1) is 0 Å². The number of ether oxygens (including phenoxy) is 1. The van der Waals surface area contributed by atoms with Gasteiger partial charge in [-0.25, -0.2) is 9.79 Å². The number of carboxylic acid groups (broad SMARTS) is 1. The van der Waals surface area contributed by atoms with E-state index in [0.717, 1.165) is 10.0 Å². The zero-order chi connectivity index (χ0) is 26.5. The van der Waals surface area contributed by atoms with Crippen LogP contribution >= 0.6 is 27.7 Å². The third-order valence-corrected chi connectivity index (χ3v) is 6.82. The molecule has 1 aliphatic rings. The summed E-state index contributed by atoms with van der Waals surface area (Å²) in [5.74, 6) is -0.743. The van der Waals surface area contributed by atoms with Crippen molar-refractivity contribution in [1.29, 1.82) is 0 Å². The minimum absolute atomic E-state index is 0.00205. The van der Waals surface area contributed by atoms with Gasteiger partial charge < -0.3 is 9.84 Å². The molecule has 4 rings (SSSR count). The van der Waals surface area contributed by atoms with E-state index in [4.69, 9.17) is 4.74 Å². The number of halogens is 1. The standard InChI is InChI=1S/C26H20BrN3O6S/c1-2-29-24(31)23(37-26(29)28-20-5-3-4-17(13-20)25(32)33)14-18-12-19(27)8-11-22(18)36-15-16-6-9-21(10-7-16)30(34)35/h3-14H,2,15H2,1H3,(H,32,33). The molecule has 0 unspecified atom stereocenters. The van der Waals surface area contributed by atoms with Crippen LogP contribution in [0, 0.1) is 10.1 Å². The van der Waals surface area contributed by atoms with Gasteiger partial charge in [0.15, 0.2) is 5.17 Å². The predicted octanol–water partition coefficient (Wildman–Crippen LogP) is 6.26. The van der Waals surface area contributed by atoms with Crippen LogP contribution in [-0.4, -0.2) is 38.5 Å². The van der Waals surface area contributed by atoms with Crippen LogP contribution in [0.3, 0.4) is 0 Å².